The standard InChI is InChI=1S/C12H15NO5/c1-17-12(16)10(7-14)13-11(15)8-18-9-5-3-2-4-6-9/h2-6,10,14H,7-8H2,1H3,(H,13,15)/t10-/m0/s1. The molecule has 0 saturated heterocycles. The van der Waals surface area contributed by atoms with Gasteiger partial charge in [0, 0.05) is 0 Å². The Bertz CT molecular complexity index is 393. The topological polar surface area (TPSA) is 84.9 Å². The number of amides is 1. The number of aliphatic hydroxyl groups excluding tert-OH is 1. The number of hydrogen-bond acceptors (Lipinski definition) is 5. The van der Waals surface area contributed by atoms with Gasteiger partial charge in [-0.25, -0.2) is 4.79 Å². The second-order valence-electron chi connectivity index (χ2n) is 3.43. The van der Waals surface area contributed by atoms with E-state index in [9.17, 15) is 9.59 Å². The van der Waals surface area contributed by atoms with Crippen molar-refractivity contribution in [3.63, 3.8) is 0 Å². The van der Waals surface area contributed by atoms with Crippen LogP contribution in [0, 0.1) is 0 Å². The van der Waals surface area contributed by atoms with Crippen molar-refractivity contribution in [2.75, 3.05) is 20.3 Å². The van der Waals surface area contributed by atoms with Crippen molar-refractivity contribution >= 4 is 11.9 Å². The monoisotopic (exact) mass is 253 g/mol. The first-order chi connectivity index (χ1) is 8.67. The normalized spacial score (nSPS) is 11.4. The predicted molar refractivity (Wildman–Crippen MR) is 63.0 cm³/mol. The first kappa shape index (κ1) is 14.0. The minimum absolute atomic E-state index is 0.239. The van der Waals surface area contributed by atoms with Crippen LogP contribution in [-0.4, -0.2) is 43.3 Å². The van der Waals surface area contributed by atoms with Crippen LogP contribution in [-0.2, 0) is 14.3 Å². The Kier molecular flexibility index (Phi) is 5.66. The van der Waals surface area contributed by atoms with Crippen molar-refractivity contribution in [2.45, 2.75) is 6.04 Å². The number of carbonyl (C=O) groups is 2. The zero-order valence-electron chi connectivity index (χ0n) is 9.96. The minimum Gasteiger partial charge on any atom is -0.484 e. The number of ether oxygens (including phenoxy) is 2. The third kappa shape index (κ3) is 4.42. The molecular formula is C12H15NO5. The van der Waals surface area contributed by atoms with Crippen molar-refractivity contribution < 1.29 is 24.2 Å². The van der Waals surface area contributed by atoms with Gasteiger partial charge in [0.15, 0.2) is 12.6 Å². The summed E-state index contributed by atoms with van der Waals surface area (Å²) in [5, 5.41) is 11.2. The molecule has 6 nitrogen and oxygen atoms in total. The van der Waals surface area contributed by atoms with Gasteiger partial charge in [-0.2, -0.15) is 0 Å². The molecule has 0 fully saturated rings. The van der Waals surface area contributed by atoms with E-state index in [1.54, 1.807) is 24.3 Å². The Morgan fingerprint density at radius 1 is 1.33 bits per heavy atom. The molecule has 1 amide bonds. The van der Waals surface area contributed by atoms with E-state index in [0.717, 1.165) is 0 Å². The lowest BCUT2D eigenvalue weighted by molar-refractivity contribution is -0.146. The smallest absolute Gasteiger partial charge is 0.330 e. The van der Waals surface area contributed by atoms with Crippen molar-refractivity contribution in [3.05, 3.63) is 30.3 Å². The van der Waals surface area contributed by atoms with E-state index in [-0.39, 0.29) is 6.61 Å². The molecule has 0 saturated carbocycles. The highest BCUT2D eigenvalue weighted by Crippen LogP contribution is 2.07. The molecule has 0 aromatic heterocycles. The van der Waals surface area contributed by atoms with E-state index in [1.165, 1.54) is 7.11 Å². The number of rotatable bonds is 6. The molecule has 1 atom stereocenters. The number of nitrogens with one attached hydrogen (secondary N) is 1. The summed E-state index contributed by atoms with van der Waals surface area (Å²) in [5.74, 6) is -0.667. The molecule has 1 aromatic rings. The lowest BCUT2D eigenvalue weighted by Gasteiger charge is -2.14. The largest absolute Gasteiger partial charge is 0.484 e. The maximum absolute atomic E-state index is 11.5. The first-order valence-corrected chi connectivity index (χ1v) is 5.33. The molecule has 6 heteroatoms. The Labute approximate surface area is 105 Å². The number of benzene rings is 1. The second kappa shape index (κ2) is 7.29. The Hall–Kier alpha value is -2.08. The molecule has 0 radical (unpaired) electrons. The second-order valence-corrected chi connectivity index (χ2v) is 3.43. The van der Waals surface area contributed by atoms with Gasteiger partial charge in [-0.1, -0.05) is 18.2 Å². The van der Waals surface area contributed by atoms with Crippen LogP contribution in [0.15, 0.2) is 30.3 Å². The van der Waals surface area contributed by atoms with Crippen molar-refractivity contribution in [1.29, 1.82) is 0 Å². The maximum Gasteiger partial charge on any atom is 0.330 e. The molecule has 0 aliphatic heterocycles. The molecule has 0 bridgehead atoms. The summed E-state index contributed by atoms with van der Waals surface area (Å²) < 4.78 is 9.59. The average Bonchev–Trinajstić information content (AvgIpc) is 2.42. The zero-order chi connectivity index (χ0) is 13.4. The summed E-state index contributed by atoms with van der Waals surface area (Å²) in [6.45, 7) is -0.763. The lowest BCUT2D eigenvalue weighted by atomic mass is 10.3. The molecule has 1 rings (SSSR count). The molecule has 0 heterocycles. The van der Waals surface area contributed by atoms with Gasteiger partial charge in [-0.05, 0) is 12.1 Å². The van der Waals surface area contributed by atoms with Gasteiger partial charge in [0.25, 0.3) is 5.91 Å². The summed E-state index contributed by atoms with van der Waals surface area (Å²) in [4.78, 5) is 22.6. The molecule has 0 unspecified atom stereocenters. The number of para-hydroxylation sites is 1. The molecule has 0 aliphatic rings. The van der Waals surface area contributed by atoms with E-state index >= 15 is 0 Å². The summed E-state index contributed by atoms with van der Waals surface area (Å²) in [6, 6.07) is 7.72. The van der Waals surface area contributed by atoms with E-state index < -0.39 is 24.5 Å². The molecule has 2 N–H and O–H groups in total. The van der Waals surface area contributed by atoms with Gasteiger partial charge in [0.2, 0.25) is 0 Å². The Balaban J connectivity index is 2.39. The third-order valence-corrected chi connectivity index (χ3v) is 2.12. The van der Waals surface area contributed by atoms with Crippen LogP contribution in [0.4, 0.5) is 0 Å². The lowest BCUT2D eigenvalue weighted by Crippen LogP contribution is -2.45. The van der Waals surface area contributed by atoms with Gasteiger partial charge in [0.05, 0.1) is 13.7 Å². The molecule has 1 aromatic carbocycles. The number of methoxy groups -OCH3 is 1. The maximum atomic E-state index is 11.5. The predicted octanol–water partition coefficient (Wildman–Crippen LogP) is -0.285. The molecule has 98 valence electrons. The number of aliphatic hydroxyl groups is 1. The van der Waals surface area contributed by atoms with Crippen molar-refractivity contribution in [1.82, 2.24) is 5.32 Å². The molecule has 18 heavy (non-hydrogen) atoms. The van der Waals surface area contributed by atoms with Crippen LogP contribution in [0.5, 0.6) is 5.75 Å². The summed E-state index contributed by atoms with van der Waals surface area (Å²) >= 11 is 0. The summed E-state index contributed by atoms with van der Waals surface area (Å²) in [5.41, 5.74) is 0. The summed E-state index contributed by atoms with van der Waals surface area (Å²) in [6.07, 6.45) is 0. The average molecular weight is 253 g/mol. The zero-order valence-corrected chi connectivity index (χ0v) is 9.96. The van der Waals surface area contributed by atoms with E-state index in [1.807, 2.05) is 6.07 Å². The van der Waals surface area contributed by atoms with Gasteiger partial charge in [-0.3, -0.25) is 4.79 Å². The van der Waals surface area contributed by atoms with Crippen molar-refractivity contribution in [2.24, 2.45) is 0 Å². The van der Waals surface area contributed by atoms with Gasteiger partial charge >= 0.3 is 5.97 Å². The summed E-state index contributed by atoms with van der Waals surface area (Å²) in [7, 11) is 1.18. The van der Waals surface area contributed by atoms with E-state index in [0.29, 0.717) is 5.75 Å². The van der Waals surface area contributed by atoms with Crippen LogP contribution in [0.2, 0.25) is 0 Å². The van der Waals surface area contributed by atoms with Crippen LogP contribution in [0.25, 0.3) is 0 Å². The fourth-order valence-corrected chi connectivity index (χ4v) is 1.22. The van der Waals surface area contributed by atoms with Crippen LogP contribution < -0.4 is 10.1 Å². The molecule has 0 spiro atoms. The third-order valence-electron chi connectivity index (χ3n) is 2.12. The highest BCUT2D eigenvalue weighted by molar-refractivity contribution is 5.85. The van der Waals surface area contributed by atoms with Crippen LogP contribution >= 0.6 is 0 Å². The Morgan fingerprint density at radius 2 is 2.00 bits per heavy atom. The van der Waals surface area contributed by atoms with Gasteiger partial charge in [0.1, 0.15) is 5.75 Å². The van der Waals surface area contributed by atoms with Crippen LogP contribution in [0.1, 0.15) is 0 Å². The SMILES string of the molecule is COC(=O)[C@H](CO)NC(=O)COc1ccccc1. The minimum atomic E-state index is -1.07. The highest BCUT2D eigenvalue weighted by atomic mass is 16.5. The quantitative estimate of drug-likeness (QED) is 0.681. The van der Waals surface area contributed by atoms with E-state index in [2.05, 4.69) is 10.1 Å². The fourth-order valence-electron chi connectivity index (χ4n) is 1.22. The number of esters is 1. The number of hydrogen-bond donors (Lipinski definition) is 2. The van der Waals surface area contributed by atoms with Crippen LogP contribution in [0.3, 0.4) is 0 Å². The van der Waals surface area contributed by atoms with Gasteiger partial charge in [-0.15, -0.1) is 0 Å². The molecular weight excluding hydrogens is 238 g/mol. The fraction of sp³-hybridized carbons (Fsp3) is 0.333. The molecule has 0 aliphatic carbocycles. The Morgan fingerprint density at radius 3 is 2.56 bits per heavy atom. The van der Waals surface area contributed by atoms with Gasteiger partial charge < -0.3 is 19.9 Å². The first-order valence-electron chi connectivity index (χ1n) is 5.33. The highest BCUT2D eigenvalue weighted by Gasteiger charge is 2.20. The number of carbonyl (C=O) groups excluding carboxylic acids is 2. The van der Waals surface area contributed by atoms with E-state index in [4.69, 9.17) is 9.84 Å². The van der Waals surface area contributed by atoms with Crippen molar-refractivity contribution in [3.8, 4) is 5.75 Å².